The summed E-state index contributed by atoms with van der Waals surface area (Å²) in [6.45, 7) is 2.89. The molecule has 116 valence electrons. The van der Waals surface area contributed by atoms with Crippen molar-refractivity contribution >= 4 is 11.9 Å². The molecule has 2 atom stereocenters. The average molecular weight is 295 g/mol. The van der Waals surface area contributed by atoms with Gasteiger partial charge in [0.05, 0.1) is 19.3 Å². The van der Waals surface area contributed by atoms with E-state index < -0.39 is 18.1 Å². The smallest absolute Gasteiger partial charge is 0.302 e. The summed E-state index contributed by atoms with van der Waals surface area (Å²) in [5.41, 5.74) is 0.987. The maximum absolute atomic E-state index is 11.1. The van der Waals surface area contributed by atoms with Gasteiger partial charge >= 0.3 is 5.97 Å². The highest BCUT2D eigenvalue weighted by atomic mass is 16.5. The molecule has 0 heterocycles. The number of hydrogen-bond acceptors (Lipinski definition) is 5. The average Bonchev–Trinajstić information content (AvgIpc) is 2.44. The van der Waals surface area contributed by atoms with Crippen molar-refractivity contribution in [3.05, 3.63) is 35.9 Å². The number of benzene rings is 1. The minimum Gasteiger partial charge on any atom is -0.464 e. The number of rotatable bonds is 8. The third-order valence-electron chi connectivity index (χ3n) is 2.72. The van der Waals surface area contributed by atoms with E-state index in [1.807, 2.05) is 30.3 Å². The number of hydrogen-bond donors (Lipinski definition) is 2. The van der Waals surface area contributed by atoms with Crippen LogP contribution >= 0.6 is 0 Å². The van der Waals surface area contributed by atoms with Gasteiger partial charge in [0.2, 0.25) is 5.91 Å². The predicted octanol–water partition coefficient (Wildman–Crippen LogP) is 0.632. The molecule has 6 nitrogen and oxygen atoms in total. The lowest BCUT2D eigenvalue weighted by Gasteiger charge is -2.23. The van der Waals surface area contributed by atoms with Crippen LogP contribution in [0.4, 0.5) is 0 Å². The second-order valence-corrected chi connectivity index (χ2v) is 4.68. The third kappa shape index (κ3) is 7.43. The van der Waals surface area contributed by atoms with Crippen molar-refractivity contribution in [3.8, 4) is 0 Å². The number of esters is 1. The zero-order valence-corrected chi connectivity index (χ0v) is 12.2. The molecular weight excluding hydrogens is 274 g/mol. The zero-order chi connectivity index (χ0) is 15.7. The first-order valence-electron chi connectivity index (χ1n) is 6.69. The molecule has 0 unspecified atom stereocenters. The van der Waals surface area contributed by atoms with E-state index in [0.29, 0.717) is 6.61 Å². The number of carbonyl (C=O) groups is 2. The van der Waals surface area contributed by atoms with Gasteiger partial charge in [-0.15, -0.1) is 0 Å². The Morgan fingerprint density at radius 2 is 1.86 bits per heavy atom. The van der Waals surface area contributed by atoms with Gasteiger partial charge < -0.3 is 19.9 Å². The van der Waals surface area contributed by atoms with Crippen molar-refractivity contribution in [1.29, 1.82) is 0 Å². The molecule has 1 amide bonds. The Labute approximate surface area is 124 Å². The van der Waals surface area contributed by atoms with E-state index in [4.69, 9.17) is 9.47 Å². The normalized spacial score (nSPS) is 13.3. The highest BCUT2D eigenvalue weighted by Gasteiger charge is 2.21. The molecule has 0 radical (unpaired) electrons. The number of amides is 1. The van der Waals surface area contributed by atoms with Gasteiger partial charge in [-0.2, -0.15) is 0 Å². The highest BCUT2D eigenvalue weighted by Crippen LogP contribution is 2.03. The van der Waals surface area contributed by atoms with Crippen LogP contribution in [0.25, 0.3) is 0 Å². The SMILES string of the molecule is CC(=O)N[C@H](COC(C)=O)[C@@H](O)COCc1ccccc1. The van der Waals surface area contributed by atoms with Gasteiger partial charge in [-0.25, -0.2) is 0 Å². The molecule has 0 bridgehead atoms. The Morgan fingerprint density at radius 1 is 1.19 bits per heavy atom. The van der Waals surface area contributed by atoms with Crippen molar-refractivity contribution < 1.29 is 24.2 Å². The summed E-state index contributed by atoms with van der Waals surface area (Å²) >= 11 is 0. The first-order valence-corrected chi connectivity index (χ1v) is 6.69. The molecule has 0 saturated carbocycles. The predicted molar refractivity (Wildman–Crippen MR) is 76.3 cm³/mol. The quantitative estimate of drug-likeness (QED) is 0.687. The number of ether oxygens (including phenoxy) is 2. The van der Waals surface area contributed by atoms with Crippen LogP contribution < -0.4 is 5.32 Å². The molecule has 2 N–H and O–H groups in total. The zero-order valence-electron chi connectivity index (χ0n) is 12.2. The van der Waals surface area contributed by atoms with Crippen LogP contribution in [0, 0.1) is 0 Å². The second-order valence-electron chi connectivity index (χ2n) is 4.68. The Morgan fingerprint density at radius 3 is 2.43 bits per heavy atom. The molecule has 0 aliphatic heterocycles. The van der Waals surface area contributed by atoms with E-state index in [1.54, 1.807) is 0 Å². The van der Waals surface area contributed by atoms with Crippen LogP contribution in [0.3, 0.4) is 0 Å². The molecule has 1 rings (SSSR count). The van der Waals surface area contributed by atoms with Crippen LogP contribution in [0.1, 0.15) is 19.4 Å². The largest absolute Gasteiger partial charge is 0.464 e. The van der Waals surface area contributed by atoms with Crippen LogP contribution in [-0.4, -0.2) is 42.3 Å². The fraction of sp³-hybridized carbons (Fsp3) is 0.467. The summed E-state index contributed by atoms with van der Waals surface area (Å²) in [5, 5.41) is 12.6. The number of nitrogens with one attached hydrogen (secondary N) is 1. The van der Waals surface area contributed by atoms with Crippen LogP contribution in [0.5, 0.6) is 0 Å². The van der Waals surface area contributed by atoms with Crippen molar-refractivity contribution in [2.75, 3.05) is 13.2 Å². The number of aliphatic hydroxyl groups is 1. The van der Waals surface area contributed by atoms with Crippen molar-refractivity contribution in [2.24, 2.45) is 0 Å². The van der Waals surface area contributed by atoms with E-state index in [2.05, 4.69) is 5.32 Å². The number of aliphatic hydroxyl groups excluding tert-OH is 1. The Kier molecular flexibility index (Phi) is 7.42. The summed E-state index contributed by atoms with van der Waals surface area (Å²) in [5.74, 6) is -0.781. The summed E-state index contributed by atoms with van der Waals surface area (Å²) in [7, 11) is 0. The van der Waals surface area contributed by atoms with E-state index >= 15 is 0 Å². The lowest BCUT2D eigenvalue weighted by Crippen LogP contribution is -2.47. The molecule has 1 aromatic carbocycles. The molecule has 0 saturated heterocycles. The summed E-state index contributed by atoms with van der Waals surface area (Å²) < 4.78 is 10.2. The minimum absolute atomic E-state index is 0.0289. The molecule has 21 heavy (non-hydrogen) atoms. The van der Waals surface area contributed by atoms with Gasteiger partial charge in [-0.1, -0.05) is 30.3 Å². The topological polar surface area (TPSA) is 84.9 Å². The van der Waals surface area contributed by atoms with Crippen LogP contribution in [-0.2, 0) is 25.7 Å². The summed E-state index contributed by atoms with van der Waals surface area (Å²) in [4.78, 5) is 21.9. The molecular formula is C15H21NO5. The van der Waals surface area contributed by atoms with Gasteiger partial charge in [-0.05, 0) is 5.56 Å². The molecule has 0 spiro atoms. The standard InChI is InChI=1S/C15H21NO5/c1-11(17)16-14(9-21-12(2)18)15(19)10-20-8-13-6-4-3-5-7-13/h3-7,14-15,19H,8-10H2,1-2H3,(H,16,17)/t14-,15+/m1/s1. The molecule has 0 aromatic heterocycles. The first-order chi connectivity index (χ1) is 9.99. The van der Waals surface area contributed by atoms with Crippen LogP contribution in [0.2, 0.25) is 0 Å². The van der Waals surface area contributed by atoms with Gasteiger partial charge in [0, 0.05) is 13.8 Å². The Balaban J connectivity index is 2.41. The third-order valence-corrected chi connectivity index (χ3v) is 2.72. The lowest BCUT2D eigenvalue weighted by molar-refractivity contribution is -0.144. The lowest BCUT2D eigenvalue weighted by atomic mass is 10.2. The molecule has 6 heteroatoms. The van der Waals surface area contributed by atoms with Gasteiger partial charge in [0.15, 0.2) is 0 Å². The Hall–Kier alpha value is -1.92. The molecule has 0 fully saturated rings. The van der Waals surface area contributed by atoms with Gasteiger partial charge in [-0.3, -0.25) is 9.59 Å². The number of carbonyl (C=O) groups excluding carboxylic acids is 2. The fourth-order valence-corrected chi connectivity index (χ4v) is 1.71. The Bertz CT molecular complexity index is 449. The molecule has 0 aliphatic rings. The van der Waals surface area contributed by atoms with Gasteiger partial charge in [0.25, 0.3) is 0 Å². The second kappa shape index (κ2) is 9.10. The minimum atomic E-state index is -0.961. The van der Waals surface area contributed by atoms with E-state index in [-0.39, 0.29) is 19.1 Å². The monoisotopic (exact) mass is 295 g/mol. The maximum atomic E-state index is 11.1. The van der Waals surface area contributed by atoms with Gasteiger partial charge in [0.1, 0.15) is 12.7 Å². The van der Waals surface area contributed by atoms with E-state index in [1.165, 1.54) is 13.8 Å². The van der Waals surface area contributed by atoms with Crippen molar-refractivity contribution in [2.45, 2.75) is 32.6 Å². The maximum Gasteiger partial charge on any atom is 0.302 e. The van der Waals surface area contributed by atoms with Crippen molar-refractivity contribution in [3.63, 3.8) is 0 Å². The molecule has 0 aliphatic carbocycles. The summed E-state index contributed by atoms with van der Waals surface area (Å²) in [6, 6.07) is 8.84. The van der Waals surface area contributed by atoms with E-state index in [9.17, 15) is 14.7 Å². The van der Waals surface area contributed by atoms with Crippen molar-refractivity contribution in [1.82, 2.24) is 5.32 Å². The van der Waals surface area contributed by atoms with Crippen LogP contribution in [0.15, 0.2) is 30.3 Å². The highest BCUT2D eigenvalue weighted by molar-refractivity contribution is 5.73. The molecule has 1 aromatic rings. The first kappa shape index (κ1) is 17.1. The van der Waals surface area contributed by atoms with E-state index in [0.717, 1.165) is 5.56 Å². The fourth-order valence-electron chi connectivity index (χ4n) is 1.71. The summed E-state index contributed by atoms with van der Waals surface area (Å²) in [6.07, 6.45) is -0.961.